The first-order chi connectivity index (χ1) is 7.84. The summed E-state index contributed by atoms with van der Waals surface area (Å²) in [4.78, 5) is 2.37. The highest BCUT2D eigenvalue weighted by Crippen LogP contribution is 2.11. The number of aliphatic hydroxyl groups excluding tert-OH is 1. The van der Waals surface area contributed by atoms with Gasteiger partial charge in [0.15, 0.2) is 0 Å². The average Bonchev–Trinajstić information content (AvgIpc) is 2.72. The van der Waals surface area contributed by atoms with Crippen molar-refractivity contribution < 1.29 is 5.11 Å². The Morgan fingerprint density at radius 3 is 2.69 bits per heavy atom. The molecule has 1 aliphatic heterocycles. The Kier molecular flexibility index (Phi) is 4.37. The first-order valence-electron chi connectivity index (χ1n) is 6.29. The second kappa shape index (κ2) is 6.02. The zero-order chi connectivity index (χ0) is 11.2. The fourth-order valence-corrected chi connectivity index (χ4v) is 2.32. The van der Waals surface area contributed by atoms with Gasteiger partial charge in [-0.15, -0.1) is 0 Å². The van der Waals surface area contributed by atoms with Crippen LogP contribution in [0.3, 0.4) is 0 Å². The highest BCUT2D eigenvalue weighted by molar-refractivity contribution is 5.14. The molecular weight excluding hydrogens is 198 g/mol. The van der Waals surface area contributed by atoms with E-state index in [4.69, 9.17) is 0 Å². The van der Waals surface area contributed by atoms with Crippen LogP contribution in [0.4, 0.5) is 0 Å². The smallest absolute Gasteiger partial charge is 0.0679 e. The molecule has 1 heterocycles. The third kappa shape index (κ3) is 3.62. The number of hydrogen-bond donors (Lipinski definition) is 1. The predicted molar refractivity (Wildman–Crippen MR) is 66.4 cm³/mol. The van der Waals surface area contributed by atoms with E-state index in [1.54, 1.807) is 0 Å². The Morgan fingerprint density at radius 1 is 1.19 bits per heavy atom. The zero-order valence-electron chi connectivity index (χ0n) is 9.81. The lowest BCUT2D eigenvalue weighted by molar-refractivity contribution is 0.176. The molecule has 1 unspecified atom stereocenters. The van der Waals surface area contributed by atoms with Gasteiger partial charge in [0.1, 0.15) is 0 Å². The molecule has 1 saturated heterocycles. The molecule has 0 aliphatic carbocycles. The van der Waals surface area contributed by atoms with Gasteiger partial charge in [0.2, 0.25) is 0 Å². The SMILES string of the molecule is OC1CCN(CCCCc2ccccc2)C1. The second-order valence-corrected chi connectivity index (χ2v) is 4.69. The highest BCUT2D eigenvalue weighted by Gasteiger charge is 2.18. The summed E-state index contributed by atoms with van der Waals surface area (Å²) in [7, 11) is 0. The van der Waals surface area contributed by atoms with E-state index in [9.17, 15) is 5.11 Å². The van der Waals surface area contributed by atoms with Crippen molar-refractivity contribution in [3.63, 3.8) is 0 Å². The Labute approximate surface area is 97.9 Å². The molecule has 1 aliphatic rings. The molecule has 88 valence electrons. The van der Waals surface area contributed by atoms with Crippen molar-refractivity contribution >= 4 is 0 Å². The van der Waals surface area contributed by atoms with Crippen molar-refractivity contribution in [2.45, 2.75) is 31.8 Å². The quantitative estimate of drug-likeness (QED) is 0.766. The van der Waals surface area contributed by atoms with Crippen LogP contribution in [0.25, 0.3) is 0 Å². The average molecular weight is 219 g/mol. The number of benzene rings is 1. The van der Waals surface area contributed by atoms with E-state index in [2.05, 4.69) is 35.2 Å². The number of unbranched alkanes of at least 4 members (excludes halogenated alkanes) is 1. The maximum absolute atomic E-state index is 9.39. The molecule has 0 amide bonds. The number of likely N-dealkylation sites (tertiary alicyclic amines) is 1. The highest BCUT2D eigenvalue weighted by atomic mass is 16.3. The summed E-state index contributed by atoms with van der Waals surface area (Å²) in [6.07, 6.45) is 4.54. The first kappa shape index (κ1) is 11.6. The van der Waals surface area contributed by atoms with E-state index < -0.39 is 0 Å². The van der Waals surface area contributed by atoms with Gasteiger partial charge in [0.05, 0.1) is 6.10 Å². The predicted octanol–water partition coefficient (Wildman–Crippen LogP) is 2.08. The molecule has 1 N–H and O–H groups in total. The molecule has 2 nitrogen and oxygen atoms in total. The van der Waals surface area contributed by atoms with Crippen LogP contribution in [0.15, 0.2) is 30.3 Å². The van der Waals surface area contributed by atoms with Gasteiger partial charge >= 0.3 is 0 Å². The van der Waals surface area contributed by atoms with E-state index in [0.717, 1.165) is 26.1 Å². The van der Waals surface area contributed by atoms with Crippen LogP contribution in [0.2, 0.25) is 0 Å². The molecule has 1 aromatic rings. The monoisotopic (exact) mass is 219 g/mol. The molecule has 2 rings (SSSR count). The van der Waals surface area contributed by atoms with Crippen molar-refractivity contribution in [1.82, 2.24) is 4.90 Å². The maximum atomic E-state index is 9.39. The van der Waals surface area contributed by atoms with Crippen LogP contribution in [0.1, 0.15) is 24.8 Å². The molecule has 1 atom stereocenters. The summed E-state index contributed by atoms with van der Waals surface area (Å²) in [5.74, 6) is 0. The van der Waals surface area contributed by atoms with Gasteiger partial charge in [-0.1, -0.05) is 30.3 Å². The summed E-state index contributed by atoms with van der Waals surface area (Å²) in [6, 6.07) is 10.7. The molecule has 2 heteroatoms. The molecule has 0 radical (unpaired) electrons. The zero-order valence-corrected chi connectivity index (χ0v) is 9.81. The lowest BCUT2D eigenvalue weighted by atomic mass is 10.1. The van der Waals surface area contributed by atoms with Gasteiger partial charge in [-0.05, 0) is 37.8 Å². The minimum Gasteiger partial charge on any atom is -0.392 e. The third-order valence-electron chi connectivity index (χ3n) is 3.28. The number of aryl methyl sites for hydroxylation is 1. The number of β-amino-alcohol motifs (C(OH)–C–C–N with tert-alkyl or cyclic N) is 1. The van der Waals surface area contributed by atoms with Crippen LogP contribution >= 0.6 is 0 Å². The number of aliphatic hydroxyl groups is 1. The Hall–Kier alpha value is -0.860. The van der Waals surface area contributed by atoms with Gasteiger partial charge in [-0.3, -0.25) is 0 Å². The van der Waals surface area contributed by atoms with Gasteiger partial charge in [0.25, 0.3) is 0 Å². The maximum Gasteiger partial charge on any atom is 0.0679 e. The summed E-state index contributed by atoms with van der Waals surface area (Å²) in [5.41, 5.74) is 1.43. The summed E-state index contributed by atoms with van der Waals surface area (Å²) < 4.78 is 0. The number of nitrogens with zero attached hydrogens (tertiary/aromatic N) is 1. The number of hydrogen-bond acceptors (Lipinski definition) is 2. The van der Waals surface area contributed by atoms with Gasteiger partial charge < -0.3 is 10.0 Å². The molecule has 0 aromatic heterocycles. The standard InChI is InChI=1S/C14H21NO/c16-14-9-11-15(12-14)10-5-4-8-13-6-2-1-3-7-13/h1-3,6-7,14,16H,4-5,8-12H2. The fraction of sp³-hybridized carbons (Fsp3) is 0.571. The topological polar surface area (TPSA) is 23.5 Å². The van der Waals surface area contributed by atoms with Crippen molar-refractivity contribution in [3.8, 4) is 0 Å². The van der Waals surface area contributed by atoms with E-state index in [0.29, 0.717) is 0 Å². The molecule has 16 heavy (non-hydrogen) atoms. The van der Waals surface area contributed by atoms with Crippen molar-refractivity contribution in [3.05, 3.63) is 35.9 Å². The van der Waals surface area contributed by atoms with Crippen molar-refractivity contribution in [1.29, 1.82) is 0 Å². The fourth-order valence-electron chi connectivity index (χ4n) is 2.32. The van der Waals surface area contributed by atoms with Crippen LogP contribution in [0, 0.1) is 0 Å². The van der Waals surface area contributed by atoms with Gasteiger partial charge in [-0.2, -0.15) is 0 Å². The van der Waals surface area contributed by atoms with Crippen LogP contribution in [0.5, 0.6) is 0 Å². The van der Waals surface area contributed by atoms with E-state index in [1.165, 1.54) is 24.8 Å². The molecule has 0 bridgehead atoms. The first-order valence-corrected chi connectivity index (χ1v) is 6.29. The van der Waals surface area contributed by atoms with Gasteiger partial charge in [0, 0.05) is 13.1 Å². The molecule has 1 fully saturated rings. The Balaban J connectivity index is 1.59. The van der Waals surface area contributed by atoms with E-state index in [-0.39, 0.29) is 6.10 Å². The molecular formula is C14H21NO. The summed E-state index contributed by atoms with van der Waals surface area (Å²) in [6.45, 7) is 3.10. The van der Waals surface area contributed by atoms with E-state index >= 15 is 0 Å². The Bertz CT molecular complexity index is 299. The van der Waals surface area contributed by atoms with Gasteiger partial charge in [-0.25, -0.2) is 0 Å². The van der Waals surface area contributed by atoms with Crippen molar-refractivity contribution in [2.24, 2.45) is 0 Å². The van der Waals surface area contributed by atoms with Crippen LogP contribution < -0.4 is 0 Å². The molecule has 1 aromatic carbocycles. The van der Waals surface area contributed by atoms with E-state index in [1.807, 2.05) is 0 Å². The Morgan fingerprint density at radius 2 is 2.00 bits per heavy atom. The minimum absolute atomic E-state index is 0.0749. The molecule has 0 spiro atoms. The number of rotatable bonds is 5. The van der Waals surface area contributed by atoms with Crippen LogP contribution in [-0.2, 0) is 6.42 Å². The van der Waals surface area contributed by atoms with Crippen LogP contribution in [-0.4, -0.2) is 35.7 Å². The summed E-state index contributed by atoms with van der Waals surface area (Å²) in [5, 5.41) is 9.39. The lowest BCUT2D eigenvalue weighted by Crippen LogP contribution is -2.23. The minimum atomic E-state index is -0.0749. The summed E-state index contributed by atoms with van der Waals surface area (Å²) >= 11 is 0. The molecule has 0 saturated carbocycles. The largest absolute Gasteiger partial charge is 0.392 e. The third-order valence-corrected chi connectivity index (χ3v) is 3.28. The second-order valence-electron chi connectivity index (χ2n) is 4.69. The lowest BCUT2D eigenvalue weighted by Gasteiger charge is -2.14. The normalized spacial score (nSPS) is 21.4. The van der Waals surface area contributed by atoms with Crippen molar-refractivity contribution in [2.75, 3.05) is 19.6 Å².